The van der Waals surface area contributed by atoms with E-state index in [-0.39, 0.29) is 24.4 Å². The molecule has 100 valence electrons. The third-order valence-corrected chi connectivity index (χ3v) is 3.36. The average molecular weight is 279 g/mol. The van der Waals surface area contributed by atoms with Gasteiger partial charge in [0.2, 0.25) is 0 Å². The van der Waals surface area contributed by atoms with Gasteiger partial charge < -0.3 is 10.2 Å². The van der Waals surface area contributed by atoms with Crippen LogP contribution < -0.4 is 5.32 Å². The maximum atomic E-state index is 12.4. The zero-order valence-corrected chi connectivity index (χ0v) is 11.4. The van der Waals surface area contributed by atoms with E-state index in [4.69, 9.17) is 0 Å². The second-order valence-corrected chi connectivity index (χ2v) is 4.46. The van der Waals surface area contributed by atoms with E-state index >= 15 is 0 Å². The minimum Gasteiger partial charge on any atom is -0.336 e. The molecule has 2 aromatic rings. The van der Waals surface area contributed by atoms with E-state index in [2.05, 4.69) is 15.3 Å². The van der Waals surface area contributed by atoms with Crippen molar-refractivity contribution in [2.75, 3.05) is 20.1 Å². The van der Waals surface area contributed by atoms with Gasteiger partial charge >= 0.3 is 0 Å². The fourth-order valence-electron chi connectivity index (χ4n) is 2.07. The van der Waals surface area contributed by atoms with Gasteiger partial charge in [-0.05, 0) is 12.1 Å². The summed E-state index contributed by atoms with van der Waals surface area (Å²) < 4.78 is 0. The molecule has 0 bridgehead atoms. The van der Waals surface area contributed by atoms with E-state index in [1.807, 2.05) is 25.2 Å². The number of aromatic nitrogens is 2. The smallest absolute Gasteiger partial charge is 0.256 e. The molecule has 1 N–H and O–H groups in total. The Bertz CT molecular complexity index is 595. The highest BCUT2D eigenvalue weighted by Gasteiger charge is 2.27. The maximum absolute atomic E-state index is 12.4. The number of likely N-dealkylation sites (N-methyl/N-ethyl adjacent to an activating group) is 1. The number of halogens is 1. The van der Waals surface area contributed by atoms with Gasteiger partial charge in [-0.15, -0.1) is 12.4 Å². The molecule has 0 radical (unpaired) electrons. The van der Waals surface area contributed by atoms with Gasteiger partial charge in [0.1, 0.15) is 5.52 Å². The second-order valence-electron chi connectivity index (χ2n) is 4.46. The Hall–Kier alpha value is -1.72. The van der Waals surface area contributed by atoms with E-state index in [1.54, 1.807) is 17.3 Å². The number of carbonyl (C=O) groups is 1. The van der Waals surface area contributed by atoms with Crippen molar-refractivity contribution < 1.29 is 4.79 Å². The quantitative estimate of drug-likeness (QED) is 0.894. The standard InChI is InChI=1S/C13H14N4O.ClH/c1-17(9-7-14-8-9)13(18)10-3-2-4-11-12(10)16-6-5-15-11;/h2-6,9,14H,7-8H2,1H3;1H. The molecule has 0 atom stereocenters. The molecule has 0 spiro atoms. The fourth-order valence-corrected chi connectivity index (χ4v) is 2.07. The number of benzene rings is 1. The lowest BCUT2D eigenvalue weighted by atomic mass is 10.1. The zero-order chi connectivity index (χ0) is 12.5. The summed E-state index contributed by atoms with van der Waals surface area (Å²) in [5, 5.41) is 3.16. The number of hydrogen-bond donors (Lipinski definition) is 1. The van der Waals surface area contributed by atoms with Crippen LogP contribution in [0.3, 0.4) is 0 Å². The Morgan fingerprint density at radius 2 is 2.05 bits per heavy atom. The van der Waals surface area contributed by atoms with Crippen molar-refractivity contribution in [2.45, 2.75) is 6.04 Å². The molecule has 0 unspecified atom stereocenters. The Kier molecular flexibility index (Phi) is 3.97. The van der Waals surface area contributed by atoms with Gasteiger partial charge in [0.15, 0.2) is 0 Å². The maximum Gasteiger partial charge on any atom is 0.256 e. The summed E-state index contributed by atoms with van der Waals surface area (Å²) >= 11 is 0. The van der Waals surface area contributed by atoms with Crippen molar-refractivity contribution in [3.05, 3.63) is 36.2 Å². The average Bonchev–Trinajstić information content (AvgIpc) is 2.35. The third-order valence-electron chi connectivity index (χ3n) is 3.36. The molecular weight excluding hydrogens is 264 g/mol. The predicted molar refractivity (Wildman–Crippen MR) is 75.5 cm³/mol. The van der Waals surface area contributed by atoms with Crippen LogP contribution in [0.15, 0.2) is 30.6 Å². The molecule has 5 nitrogen and oxygen atoms in total. The monoisotopic (exact) mass is 278 g/mol. The van der Waals surface area contributed by atoms with Crippen LogP contribution in [0, 0.1) is 0 Å². The summed E-state index contributed by atoms with van der Waals surface area (Å²) in [4.78, 5) is 22.7. The first-order valence-corrected chi connectivity index (χ1v) is 5.95. The largest absolute Gasteiger partial charge is 0.336 e. The van der Waals surface area contributed by atoms with Crippen LogP contribution in [0.5, 0.6) is 0 Å². The van der Waals surface area contributed by atoms with Gasteiger partial charge in [-0.2, -0.15) is 0 Å². The highest BCUT2D eigenvalue weighted by Crippen LogP contribution is 2.17. The Labute approximate surface area is 117 Å². The lowest BCUT2D eigenvalue weighted by Crippen LogP contribution is -2.57. The van der Waals surface area contributed by atoms with E-state index in [9.17, 15) is 4.79 Å². The van der Waals surface area contributed by atoms with Crippen molar-refractivity contribution in [1.29, 1.82) is 0 Å². The molecule has 19 heavy (non-hydrogen) atoms. The molecule has 0 aliphatic carbocycles. The molecule has 1 fully saturated rings. The van der Waals surface area contributed by atoms with Crippen LogP contribution in [0.4, 0.5) is 0 Å². The van der Waals surface area contributed by atoms with Crippen molar-refractivity contribution in [1.82, 2.24) is 20.2 Å². The van der Waals surface area contributed by atoms with Gasteiger partial charge in [0.25, 0.3) is 5.91 Å². The fraction of sp³-hybridized carbons (Fsp3) is 0.308. The van der Waals surface area contributed by atoms with E-state index < -0.39 is 0 Å². The number of rotatable bonds is 2. The molecule has 0 saturated carbocycles. The summed E-state index contributed by atoms with van der Waals surface area (Å²) in [6.45, 7) is 1.72. The van der Waals surface area contributed by atoms with Crippen LogP contribution in [0.1, 0.15) is 10.4 Å². The predicted octanol–water partition coefficient (Wildman–Crippen LogP) is 1.10. The highest BCUT2D eigenvalue weighted by atomic mass is 35.5. The number of para-hydroxylation sites is 1. The SMILES string of the molecule is CN(C(=O)c1cccc2nccnc12)C1CNC1.Cl. The van der Waals surface area contributed by atoms with Crippen LogP contribution in [0.2, 0.25) is 0 Å². The molecule has 3 rings (SSSR count). The van der Waals surface area contributed by atoms with Crippen molar-refractivity contribution >= 4 is 29.3 Å². The summed E-state index contributed by atoms with van der Waals surface area (Å²) in [6.07, 6.45) is 3.25. The van der Waals surface area contributed by atoms with E-state index in [0.717, 1.165) is 18.6 Å². The van der Waals surface area contributed by atoms with E-state index in [1.165, 1.54) is 0 Å². The third kappa shape index (κ3) is 2.39. The normalized spacial score (nSPS) is 14.6. The molecule has 1 aromatic heterocycles. The lowest BCUT2D eigenvalue weighted by Gasteiger charge is -2.35. The first-order valence-electron chi connectivity index (χ1n) is 5.95. The number of amides is 1. The number of hydrogen-bond acceptors (Lipinski definition) is 4. The van der Waals surface area contributed by atoms with Gasteiger partial charge in [0.05, 0.1) is 17.1 Å². The van der Waals surface area contributed by atoms with Gasteiger partial charge in [0, 0.05) is 32.5 Å². The zero-order valence-electron chi connectivity index (χ0n) is 10.5. The number of carbonyl (C=O) groups excluding carboxylic acids is 1. The molecule has 1 saturated heterocycles. The van der Waals surface area contributed by atoms with Crippen LogP contribution in [-0.2, 0) is 0 Å². The van der Waals surface area contributed by atoms with Crippen molar-refractivity contribution in [2.24, 2.45) is 0 Å². The minimum absolute atomic E-state index is 0. The Morgan fingerprint density at radius 1 is 1.32 bits per heavy atom. The lowest BCUT2D eigenvalue weighted by molar-refractivity contribution is 0.0683. The van der Waals surface area contributed by atoms with Crippen LogP contribution >= 0.6 is 12.4 Å². The summed E-state index contributed by atoms with van der Waals surface area (Å²) in [6, 6.07) is 5.80. The molecule has 1 aliphatic rings. The topological polar surface area (TPSA) is 58.1 Å². The molecule has 2 heterocycles. The number of fused-ring (bicyclic) bond motifs is 1. The van der Waals surface area contributed by atoms with E-state index in [0.29, 0.717) is 11.1 Å². The van der Waals surface area contributed by atoms with Crippen LogP contribution in [0.25, 0.3) is 11.0 Å². The summed E-state index contributed by atoms with van der Waals surface area (Å²) in [5.74, 6) is 0.00704. The van der Waals surface area contributed by atoms with Crippen molar-refractivity contribution in [3.63, 3.8) is 0 Å². The molecule has 1 aromatic carbocycles. The molecule has 1 aliphatic heterocycles. The Balaban J connectivity index is 0.00000133. The first-order chi connectivity index (χ1) is 8.77. The van der Waals surface area contributed by atoms with Crippen molar-refractivity contribution in [3.8, 4) is 0 Å². The molecule has 1 amide bonds. The second kappa shape index (κ2) is 5.50. The molecular formula is C13H15ClN4O. The summed E-state index contributed by atoms with van der Waals surface area (Å²) in [5.41, 5.74) is 2.04. The van der Waals surface area contributed by atoms with Gasteiger partial charge in [-0.1, -0.05) is 6.07 Å². The summed E-state index contributed by atoms with van der Waals surface area (Å²) in [7, 11) is 1.84. The molecule has 6 heteroatoms. The number of nitrogens with zero attached hydrogens (tertiary/aromatic N) is 3. The minimum atomic E-state index is 0. The number of nitrogens with one attached hydrogen (secondary N) is 1. The highest BCUT2D eigenvalue weighted by molar-refractivity contribution is 6.04. The Morgan fingerprint density at radius 3 is 2.74 bits per heavy atom. The first kappa shape index (κ1) is 13.7. The van der Waals surface area contributed by atoms with Crippen LogP contribution in [-0.4, -0.2) is 47.0 Å². The van der Waals surface area contributed by atoms with Gasteiger partial charge in [-0.3, -0.25) is 14.8 Å². The van der Waals surface area contributed by atoms with Gasteiger partial charge in [-0.25, -0.2) is 0 Å².